The summed E-state index contributed by atoms with van der Waals surface area (Å²) in [4.78, 5) is 26.9. The molecule has 3 N–H and O–H groups in total. The summed E-state index contributed by atoms with van der Waals surface area (Å²) < 4.78 is 32.4. The Bertz CT molecular complexity index is 1100. The maximum Gasteiger partial charge on any atom is 0.259 e. The first kappa shape index (κ1) is 23.9. The number of nitrogens with two attached hydrogens (primary N) is 1. The summed E-state index contributed by atoms with van der Waals surface area (Å²) in [6.45, 7) is 0.923. The number of ether oxygens (including phenoxy) is 1. The Morgan fingerprint density at radius 1 is 1.00 bits per heavy atom. The number of anilines is 1. The first-order chi connectivity index (χ1) is 15.9. The summed E-state index contributed by atoms with van der Waals surface area (Å²) in [5, 5.41) is 2.81. The molecule has 3 aromatic rings. The van der Waals surface area contributed by atoms with Crippen molar-refractivity contribution in [2.24, 2.45) is 5.73 Å². The Morgan fingerprint density at radius 2 is 1.67 bits per heavy atom. The third kappa shape index (κ3) is 6.36. The van der Waals surface area contributed by atoms with Gasteiger partial charge in [0.1, 0.15) is 17.4 Å². The summed E-state index contributed by atoms with van der Waals surface area (Å²) in [6.07, 6.45) is 0.538. The molecule has 0 saturated heterocycles. The van der Waals surface area contributed by atoms with Crippen molar-refractivity contribution in [1.82, 2.24) is 4.90 Å². The summed E-state index contributed by atoms with van der Waals surface area (Å²) >= 11 is 0. The molecule has 0 bridgehead atoms. The van der Waals surface area contributed by atoms with E-state index in [4.69, 9.17) is 10.5 Å². The Balaban J connectivity index is 1.72. The van der Waals surface area contributed by atoms with Crippen LogP contribution in [0.15, 0.2) is 66.7 Å². The van der Waals surface area contributed by atoms with Gasteiger partial charge in [0.05, 0.1) is 12.7 Å². The number of hydrogen-bond acceptors (Lipinski definition) is 4. The molecule has 0 spiro atoms. The van der Waals surface area contributed by atoms with Gasteiger partial charge in [-0.2, -0.15) is 0 Å². The van der Waals surface area contributed by atoms with Crippen molar-refractivity contribution in [3.8, 4) is 5.75 Å². The largest absolute Gasteiger partial charge is 0.496 e. The van der Waals surface area contributed by atoms with Crippen LogP contribution in [0.1, 0.15) is 32.7 Å². The zero-order valence-corrected chi connectivity index (χ0v) is 18.2. The Labute approximate surface area is 191 Å². The van der Waals surface area contributed by atoms with Gasteiger partial charge in [-0.25, -0.2) is 8.78 Å². The van der Waals surface area contributed by atoms with Crippen LogP contribution in [-0.4, -0.2) is 36.9 Å². The maximum atomic E-state index is 13.6. The molecular weight excluding hydrogens is 428 g/mol. The SMILES string of the molecule is COc1ccccc1C(=O)Nc1ccc(CN(CCCN)C(=O)c2cc(F)cc(F)c2)cc1. The molecule has 0 unspecified atom stereocenters. The number of halogens is 2. The first-order valence-electron chi connectivity index (χ1n) is 10.4. The van der Waals surface area contributed by atoms with Crippen molar-refractivity contribution < 1.29 is 23.1 Å². The molecule has 6 nitrogen and oxygen atoms in total. The molecular formula is C25H25F2N3O3. The van der Waals surface area contributed by atoms with Gasteiger partial charge < -0.3 is 20.7 Å². The molecule has 0 saturated carbocycles. The predicted molar refractivity (Wildman–Crippen MR) is 122 cm³/mol. The lowest BCUT2D eigenvalue weighted by Crippen LogP contribution is -2.32. The lowest BCUT2D eigenvalue weighted by Gasteiger charge is -2.23. The van der Waals surface area contributed by atoms with Crippen molar-refractivity contribution in [2.45, 2.75) is 13.0 Å². The lowest BCUT2D eigenvalue weighted by molar-refractivity contribution is 0.0741. The highest BCUT2D eigenvalue weighted by Gasteiger charge is 2.18. The quantitative estimate of drug-likeness (QED) is 0.508. The van der Waals surface area contributed by atoms with Crippen molar-refractivity contribution in [2.75, 3.05) is 25.5 Å². The van der Waals surface area contributed by atoms with Crippen LogP contribution in [0.2, 0.25) is 0 Å². The second-order valence-corrected chi connectivity index (χ2v) is 7.38. The number of amides is 2. The van der Waals surface area contributed by atoms with E-state index >= 15 is 0 Å². The summed E-state index contributed by atoms with van der Waals surface area (Å²) in [5.41, 5.74) is 7.28. The standard InChI is InChI=1S/C25H25F2N3O3/c1-33-23-6-3-2-5-22(23)24(31)29-21-9-7-17(8-10-21)16-30(12-4-11-28)25(32)18-13-19(26)15-20(27)14-18/h2-3,5-10,13-15H,4,11-12,16,28H2,1H3,(H,29,31). The zero-order chi connectivity index (χ0) is 23.8. The second-order valence-electron chi connectivity index (χ2n) is 7.38. The summed E-state index contributed by atoms with van der Waals surface area (Å²) in [7, 11) is 1.50. The molecule has 172 valence electrons. The predicted octanol–water partition coefficient (Wildman–Crippen LogP) is 4.22. The highest BCUT2D eigenvalue weighted by Crippen LogP contribution is 2.20. The molecule has 0 aliphatic heterocycles. The molecule has 0 radical (unpaired) electrons. The highest BCUT2D eigenvalue weighted by atomic mass is 19.1. The van der Waals surface area contributed by atoms with Crippen LogP contribution in [0.5, 0.6) is 5.75 Å². The van der Waals surface area contributed by atoms with E-state index in [1.165, 1.54) is 12.0 Å². The number of carbonyl (C=O) groups is 2. The van der Waals surface area contributed by atoms with Crippen LogP contribution < -0.4 is 15.8 Å². The van der Waals surface area contributed by atoms with Gasteiger partial charge in [0.25, 0.3) is 11.8 Å². The molecule has 0 heterocycles. The van der Waals surface area contributed by atoms with Gasteiger partial charge in [-0.3, -0.25) is 9.59 Å². The van der Waals surface area contributed by atoms with Gasteiger partial charge in [-0.15, -0.1) is 0 Å². The van der Waals surface area contributed by atoms with Gasteiger partial charge in [0.2, 0.25) is 0 Å². The number of rotatable bonds is 9. The van der Waals surface area contributed by atoms with E-state index in [2.05, 4.69) is 5.32 Å². The minimum absolute atomic E-state index is 0.0646. The minimum atomic E-state index is -0.813. The van der Waals surface area contributed by atoms with Gasteiger partial charge >= 0.3 is 0 Å². The third-order valence-electron chi connectivity index (χ3n) is 4.97. The van der Waals surface area contributed by atoms with Gasteiger partial charge in [0.15, 0.2) is 0 Å². The zero-order valence-electron chi connectivity index (χ0n) is 18.2. The fourth-order valence-electron chi connectivity index (χ4n) is 3.34. The van der Waals surface area contributed by atoms with Crippen LogP contribution >= 0.6 is 0 Å². The molecule has 0 aromatic heterocycles. The summed E-state index contributed by atoms with van der Waals surface area (Å²) in [5.74, 6) is -1.96. The molecule has 0 aliphatic carbocycles. The topological polar surface area (TPSA) is 84.7 Å². The van der Waals surface area contributed by atoms with Gasteiger partial charge in [-0.1, -0.05) is 24.3 Å². The number of methoxy groups -OCH3 is 1. The molecule has 0 atom stereocenters. The van der Waals surface area contributed by atoms with Crippen LogP contribution in [0.25, 0.3) is 0 Å². The molecule has 2 amide bonds. The number of nitrogens with zero attached hydrogens (tertiary/aromatic N) is 1. The van der Waals surface area contributed by atoms with Gasteiger partial charge in [-0.05, 0) is 54.9 Å². The third-order valence-corrected chi connectivity index (χ3v) is 4.97. The van der Waals surface area contributed by atoms with E-state index in [0.29, 0.717) is 36.5 Å². The number of para-hydroxylation sites is 1. The number of nitrogens with one attached hydrogen (secondary N) is 1. The van der Waals surface area contributed by atoms with E-state index in [1.807, 2.05) is 0 Å². The number of benzene rings is 3. The average Bonchev–Trinajstić information content (AvgIpc) is 2.81. The smallest absolute Gasteiger partial charge is 0.259 e. The van der Waals surface area contributed by atoms with E-state index in [1.54, 1.807) is 48.5 Å². The Kier molecular flexibility index (Phi) is 8.10. The van der Waals surface area contributed by atoms with Crippen molar-refractivity contribution in [1.29, 1.82) is 0 Å². The Morgan fingerprint density at radius 3 is 2.30 bits per heavy atom. The van der Waals surface area contributed by atoms with Crippen molar-refractivity contribution in [3.63, 3.8) is 0 Å². The number of carbonyl (C=O) groups excluding carboxylic acids is 2. The van der Waals surface area contributed by atoms with E-state index < -0.39 is 17.5 Å². The maximum absolute atomic E-state index is 13.6. The van der Waals surface area contributed by atoms with Gasteiger partial charge in [0, 0.05) is 30.4 Å². The van der Waals surface area contributed by atoms with Crippen LogP contribution in [0.4, 0.5) is 14.5 Å². The molecule has 3 rings (SSSR count). The van der Waals surface area contributed by atoms with Crippen molar-refractivity contribution in [3.05, 3.63) is 95.1 Å². The second kappa shape index (κ2) is 11.2. The fourth-order valence-corrected chi connectivity index (χ4v) is 3.34. The normalized spacial score (nSPS) is 10.5. The summed E-state index contributed by atoms with van der Waals surface area (Å²) in [6, 6.07) is 16.6. The molecule has 0 fully saturated rings. The Hall–Kier alpha value is -3.78. The highest BCUT2D eigenvalue weighted by molar-refractivity contribution is 6.06. The van der Waals surface area contributed by atoms with Crippen LogP contribution in [0.3, 0.4) is 0 Å². The molecule has 3 aromatic carbocycles. The van der Waals surface area contributed by atoms with E-state index in [9.17, 15) is 18.4 Å². The van der Waals surface area contributed by atoms with Crippen LogP contribution in [-0.2, 0) is 6.54 Å². The fraction of sp³-hybridized carbons (Fsp3) is 0.200. The molecule has 8 heteroatoms. The first-order valence-corrected chi connectivity index (χ1v) is 10.4. The average molecular weight is 453 g/mol. The monoisotopic (exact) mass is 453 g/mol. The molecule has 33 heavy (non-hydrogen) atoms. The van der Waals surface area contributed by atoms with E-state index in [-0.39, 0.29) is 18.0 Å². The number of hydrogen-bond donors (Lipinski definition) is 2. The lowest BCUT2D eigenvalue weighted by atomic mass is 10.1. The molecule has 0 aliphatic rings. The van der Waals surface area contributed by atoms with E-state index in [0.717, 1.165) is 23.8 Å². The minimum Gasteiger partial charge on any atom is -0.496 e. The van der Waals surface area contributed by atoms with Crippen molar-refractivity contribution >= 4 is 17.5 Å². The van der Waals surface area contributed by atoms with Crippen LogP contribution in [0, 0.1) is 11.6 Å².